The quantitative estimate of drug-likeness (QED) is 0.724. The van der Waals surface area contributed by atoms with E-state index in [1.54, 1.807) is 12.1 Å². The lowest BCUT2D eigenvalue weighted by atomic mass is 10.2. The van der Waals surface area contributed by atoms with E-state index in [1.807, 2.05) is 20.8 Å². The number of aromatic nitrogens is 1. The van der Waals surface area contributed by atoms with Gasteiger partial charge < -0.3 is 10.4 Å². The third-order valence-corrected chi connectivity index (χ3v) is 5.31. The summed E-state index contributed by atoms with van der Waals surface area (Å²) in [5.41, 5.74) is 0. The van der Waals surface area contributed by atoms with E-state index in [0.29, 0.717) is 18.7 Å². The summed E-state index contributed by atoms with van der Waals surface area (Å²) in [6.07, 6.45) is 2.78. The van der Waals surface area contributed by atoms with E-state index in [4.69, 9.17) is 5.11 Å². The van der Waals surface area contributed by atoms with Crippen LogP contribution in [0.4, 0.5) is 5.82 Å². The summed E-state index contributed by atoms with van der Waals surface area (Å²) >= 11 is 0. The van der Waals surface area contributed by atoms with Gasteiger partial charge in [-0.1, -0.05) is 13.8 Å². The molecule has 0 spiro atoms. The molecule has 7 heteroatoms. The van der Waals surface area contributed by atoms with Crippen molar-refractivity contribution < 1.29 is 13.5 Å². The van der Waals surface area contributed by atoms with Crippen molar-refractivity contribution in [1.82, 2.24) is 9.29 Å². The van der Waals surface area contributed by atoms with Gasteiger partial charge in [0, 0.05) is 25.3 Å². The van der Waals surface area contributed by atoms with Gasteiger partial charge in [-0.15, -0.1) is 0 Å². The van der Waals surface area contributed by atoms with Gasteiger partial charge in [-0.25, -0.2) is 13.4 Å². The molecule has 0 amide bonds. The first-order valence-corrected chi connectivity index (χ1v) is 8.77. The lowest BCUT2D eigenvalue weighted by Crippen LogP contribution is -2.41. The largest absolute Gasteiger partial charge is 0.395 e. The molecule has 1 aromatic heterocycles. The van der Waals surface area contributed by atoms with Crippen molar-refractivity contribution in [2.24, 2.45) is 0 Å². The van der Waals surface area contributed by atoms with Gasteiger partial charge in [-0.2, -0.15) is 4.31 Å². The molecule has 0 aliphatic carbocycles. The van der Waals surface area contributed by atoms with E-state index >= 15 is 0 Å². The minimum atomic E-state index is -3.64. The lowest BCUT2D eigenvalue weighted by molar-refractivity contribution is 0.219. The first-order chi connectivity index (χ1) is 10.0. The molecule has 0 aliphatic rings. The molecule has 0 bridgehead atoms. The van der Waals surface area contributed by atoms with Gasteiger partial charge in [0.1, 0.15) is 10.7 Å². The number of sulfonamides is 1. The molecule has 0 unspecified atom stereocenters. The number of anilines is 1. The first kappa shape index (κ1) is 17.9. The maximum Gasteiger partial charge on any atom is 0.244 e. The number of pyridine rings is 1. The molecule has 0 saturated carbocycles. The molecule has 0 radical (unpaired) electrons. The zero-order chi connectivity index (χ0) is 15.9. The van der Waals surface area contributed by atoms with Crippen LogP contribution in [0.3, 0.4) is 0 Å². The van der Waals surface area contributed by atoms with E-state index in [2.05, 4.69) is 10.3 Å². The minimum absolute atomic E-state index is 0.101. The summed E-state index contributed by atoms with van der Waals surface area (Å²) in [5, 5.41) is 12.2. The molecular formula is C14H25N3O3S. The molecule has 1 rings (SSSR count). The summed E-state index contributed by atoms with van der Waals surface area (Å²) in [5.74, 6) is 0.646. The van der Waals surface area contributed by atoms with Gasteiger partial charge in [-0.05, 0) is 31.9 Å². The van der Waals surface area contributed by atoms with Crippen molar-refractivity contribution in [3.05, 3.63) is 18.3 Å². The maximum absolute atomic E-state index is 12.7. The Balaban J connectivity index is 3.09. The Hall–Kier alpha value is -1.18. The molecule has 1 aromatic rings. The fourth-order valence-corrected chi connectivity index (χ4v) is 3.96. The molecular weight excluding hydrogens is 290 g/mol. The van der Waals surface area contributed by atoms with Gasteiger partial charge in [0.05, 0.1) is 6.61 Å². The molecule has 0 atom stereocenters. The van der Waals surface area contributed by atoms with Crippen LogP contribution >= 0.6 is 0 Å². The summed E-state index contributed by atoms with van der Waals surface area (Å²) in [7, 11) is -3.64. The monoisotopic (exact) mass is 315 g/mol. The topological polar surface area (TPSA) is 82.5 Å². The highest BCUT2D eigenvalue weighted by Gasteiger charge is 2.29. The summed E-state index contributed by atoms with van der Waals surface area (Å²) < 4.78 is 26.8. The van der Waals surface area contributed by atoms with Crippen molar-refractivity contribution in [2.45, 2.75) is 44.6 Å². The number of nitrogens with zero attached hydrogens (tertiary/aromatic N) is 2. The number of aliphatic hydroxyl groups is 1. The standard InChI is InChI=1S/C14H25N3O3S/c1-4-12(5-2)17(9-10-18)21(19,20)13-7-8-14(15-6-3)16-11-13/h7-8,11-12,18H,4-6,9-10H2,1-3H3,(H,15,16). The molecule has 2 N–H and O–H groups in total. The maximum atomic E-state index is 12.7. The average molecular weight is 315 g/mol. The second-order valence-electron chi connectivity index (χ2n) is 4.72. The highest BCUT2D eigenvalue weighted by atomic mass is 32.2. The fourth-order valence-electron chi connectivity index (χ4n) is 2.25. The van der Waals surface area contributed by atoms with Crippen molar-refractivity contribution in [3.8, 4) is 0 Å². The zero-order valence-corrected chi connectivity index (χ0v) is 13.7. The summed E-state index contributed by atoms with van der Waals surface area (Å²) in [6, 6.07) is 3.09. The fraction of sp³-hybridized carbons (Fsp3) is 0.643. The Morgan fingerprint density at radius 1 is 1.29 bits per heavy atom. The predicted molar refractivity (Wildman–Crippen MR) is 83.7 cm³/mol. The normalized spacial score (nSPS) is 12.1. The zero-order valence-electron chi connectivity index (χ0n) is 12.9. The number of hydrogen-bond donors (Lipinski definition) is 2. The van der Waals surface area contributed by atoms with Gasteiger partial charge in [0.25, 0.3) is 0 Å². The molecule has 0 fully saturated rings. The third-order valence-electron chi connectivity index (χ3n) is 3.37. The molecule has 1 heterocycles. The Morgan fingerprint density at radius 2 is 1.95 bits per heavy atom. The van der Waals surface area contributed by atoms with Crippen LogP contribution in [-0.2, 0) is 10.0 Å². The lowest BCUT2D eigenvalue weighted by Gasteiger charge is -2.28. The number of nitrogens with one attached hydrogen (secondary N) is 1. The Kier molecular flexibility index (Phi) is 7.07. The number of rotatable bonds is 9. The molecule has 0 aliphatic heterocycles. The van der Waals surface area contributed by atoms with Gasteiger partial charge in [0.2, 0.25) is 10.0 Å². The highest BCUT2D eigenvalue weighted by molar-refractivity contribution is 7.89. The SMILES string of the molecule is CCNc1ccc(S(=O)(=O)N(CCO)C(CC)CC)cn1. The van der Waals surface area contributed by atoms with E-state index in [-0.39, 0.29) is 24.1 Å². The Bertz CT molecular complexity index is 513. The molecule has 6 nitrogen and oxygen atoms in total. The Labute approximate surface area is 127 Å². The second-order valence-corrected chi connectivity index (χ2v) is 6.61. The summed E-state index contributed by atoms with van der Waals surface area (Å²) in [6.45, 7) is 6.47. The molecule has 21 heavy (non-hydrogen) atoms. The van der Waals surface area contributed by atoms with Crippen LogP contribution in [-0.4, -0.2) is 48.6 Å². The van der Waals surface area contributed by atoms with Gasteiger partial charge in [-0.3, -0.25) is 0 Å². The smallest absolute Gasteiger partial charge is 0.244 e. The van der Waals surface area contributed by atoms with Crippen LogP contribution in [0.25, 0.3) is 0 Å². The highest BCUT2D eigenvalue weighted by Crippen LogP contribution is 2.21. The van der Waals surface area contributed by atoms with Crippen LogP contribution in [0.5, 0.6) is 0 Å². The predicted octanol–water partition coefficient (Wildman–Crippen LogP) is 1.68. The average Bonchev–Trinajstić information content (AvgIpc) is 2.48. The van der Waals surface area contributed by atoms with Crippen molar-refractivity contribution >= 4 is 15.8 Å². The van der Waals surface area contributed by atoms with Crippen LogP contribution in [0.1, 0.15) is 33.6 Å². The number of aliphatic hydroxyl groups excluding tert-OH is 1. The molecule has 120 valence electrons. The minimum Gasteiger partial charge on any atom is -0.395 e. The van der Waals surface area contributed by atoms with E-state index in [0.717, 1.165) is 6.54 Å². The van der Waals surface area contributed by atoms with Crippen LogP contribution in [0, 0.1) is 0 Å². The summed E-state index contributed by atoms with van der Waals surface area (Å²) in [4.78, 5) is 4.27. The van der Waals surface area contributed by atoms with Crippen LogP contribution < -0.4 is 5.32 Å². The number of hydrogen-bond acceptors (Lipinski definition) is 5. The van der Waals surface area contributed by atoms with Crippen molar-refractivity contribution in [3.63, 3.8) is 0 Å². The third kappa shape index (κ3) is 4.39. The van der Waals surface area contributed by atoms with Crippen LogP contribution in [0.15, 0.2) is 23.2 Å². The Morgan fingerprint density at radius 3 is 2.38 bits per heavy atom. The molecule has 0 saturated heterocycles. The van der Waals surface area contributed by atoms with Crippen molar-refractivity contribution in [1.29, 1.82) is 0 Å². The van der Waals surface area contributed by atoms with E-state index in [1.165, 1.54) is 10.5 Å². The van der Waals surface area contributed by atoms with E-state index in [9.17, 15) is 8.42 Å². The first-order valence-electron chi connectivity index (χ1n) is 7.33. The second kappa shape index (κ2) is 8.31. The van der Waals surface area contributed by atoms with Gasteiger partial charge >= 0.3 is 0 Å². The molecule has 0 aromatic carbocycles. The van der Waals surface area contributed by atoms with E-state index < -0.39 is 10.0 Å². The van der Waals surface area contributed by atoms with Crippen LogP contribution in [0.2, 0.25) is 0 Å². The van der Waals surface area contributed by atoms with Gasteiger partial charge in [0.15, 0.2) is 0 Å². The van der Waals surface area contributed by atoms with Crippen molar-refractivity contribution in [2.75, 3.05) is 25.0 Å².